The first-order valence-corrected chi connectivity index (χ1v) is 7.86. The van der Waals surface area contributed by atoms with Crippen molar-refractivity contribution in [3.63, 3.8) is 0 Å². The van der Waals surface area contributed by atoms with E-state index in [1.165, 1.54) is 18.3 Å². The van der Waals surface area contributed by atoms with E-state index in [-0.39, 0.29) is 22.8 Å². The van der Waals surface area contributed by atoms with Crippen molar-refractivity contribution in [1.82, 2.24) is 4.98 Å². The summed E-state index contributed by atoms with van der Waals surface area (Å²) in [5, 5.41) is 0.785. The Morgan fingerprint density at radius 3 is 2.47 bits per heavy atom. The average molecular weight is 301 g/mol. The zero-order chi connectivity index (χ0) is 14.6. The Kier molecular flexibility index (Phi) is 5.55. The van der Waals surface area contributed by atoms with Gasteiger partial charge < -0.3 is 4.74 Å². The number of esters is 1. The smallest absolute Gasteiger partial charge is 0.358 e. The second kappa shape index (κ2) is 6.52. The molecule has 1 aromatic rings. The Morgan fingerprint density at radius 1 is 1.37 bits per heavy atom. The lowest BCUT2D eigenvalue weighted by atomic mass is 10.3. The third kappa shape index (κ3) is 4.95. The predicted molar refractivity (Wildman–Crippen MR) is 79.1 cm³/mol. The van der Waals surface area contributed by atoms with Crippen molar-refractivity contribution < 1.29 is 14.3 Å². The van der Waals surface area contributed by atoms with Crippen LogP contribution in [0.1, 0.15) is 59.8 Å². The van der Waals surface area contributed by atoms with Crippen LogP contribution in [0, 0.1) is 0 Å². The van der Waals surface area contributed by atoms with Gasteiger partial charge >= 0.3 is 5.97 Å². The molecule has 0 N–H and O–H groups in total. The molecule has 0 spiro atoms. The number of carbonyl (C=O) groups excluding carboxylic acids is 2. The molecular weight excluding hydrogens is 282 g/mol. The van der Waals surface area contributed by atoms with Crippen LogP contribution >= 0.6 is 23.1 Å². The highest BCUT2D eigenvalue weighted by Gasteiger charge is 2.23. The van der Waals surface area contributed by atoms with Crippen molar-refractivity contribution in [2.45, 2.75) is 45.1 Å². The minimum Gasteiger partial charge on any atom is -0.461 e. The van der Waals surface area contributed by atoms with Crippen molar-refractivity contribution in [2.75, 3.05) is 6.61 Å². The number of nitrogens with zero attached hydrogens (tertiary/aromatic N) is 1. The zero-order valence-corrected chi connectivity index (χ0v) is 13.5. The molecule has 4 nitrogen and oxygen atoms in total. The molecule has 6 heteroatoms. The second-order valence-corrected chi connectivity index (χ2v) is 7.85. The van der Waals surface area contributed by atoms with Crippen LogP contribution in [0.25, 0.3) is 0 Å². The molecule has 0 fully saturated rings. The largest absolute Gasteiger partial charge is 0.461 e. The number of thiazole rings is 1. The molecule has 0 bridgehead atoms. The summed E-state index contributed by atoms with van der Waals surface area (Å²) in [4.78, 5) is 27.9. The van der Waals surface area contributed by atoms with Crippen LogP contribution in [0.3, 0.4) is 0 Å². The predicted octanol–water partition coefficient (Wildman–Crippen LogP) is 3.55. The highest BCUT2D eigenvalue weighted by molar-refractivity contribution is 7.99. The quantitative estimate of drug-likeness (QED) is 0.615. The molecular formula is C13H19NO3S2. The molecule has 0 aliphatic rings. The summed E-state index contributed by atoms with van der Waals surface area (Å²) in [6.45, 7) is 9.79. The minimum absolute atomic E-state index is 0.117. The van der Waals surface area contributed by atoms with Gasteiger partial charge in [0.15, 0.2) is 11.5 Å². The lowest BCUT2D eigenvalue weighted by Crippen LogP contribution is -2.10. The number of Topliss-reactive ketones (excluding diaryl/α,β-unsaturated/α-hetero) is 1. The number of rotatable bonds is 5. The van der Waals surface area contributed by atoms with Crippen LogP contribution in [-0.2, 0) is 10.5 Å². The Morgan fingerprint density at radius 2 is 2.00 bits per heavy atom. The van der Waals surface area contributed by atoms with Crippen LogP contribution in [0.4, 0.5) is 0 Å². The van der Waals surface area contributed by atoms with Crippen molar-refractivity contribution in [3.05, 3.63) is 15.6 Å². The van der Waals surface area contributed by atoms with E-state index in [2.05, 4.69) is 25.8 Å². The molecule has 106 valence electrons. The van der Waals surface area contributed by atoms with Gasteiger partial charge in [0.2, 0.25) is 0 Å². The van der Waals surface area contributed by atoms with Gasteiger partial charge in [-0.3, -0.25) is 4.79 Å². The molecule has 0 aliphatic heterocycles. The Bertz CT molecular complexity index is 475. The van der Waals surface area contributed by atoms with Gasteiger partial charge in [-0.15, -0.1) is 23.1 Å². The second-order valence-electron chi connectivity index (χ2n) is 4.96. The molecule has 0 amide bonds. The summed E-state index contributed by atoms with van der Waals surface area (Å²) in [7, 11) is 0. The molecule has 0 saturated carbocycles. The van der Waals surface area contributed by atoms with Crippen molar-refractivity contribution >= 4 is 34.9 Å². The van der Waals surface area contributed by atoms with Crippen molar-refractivity contribution in [3.8, 4) is 0 Å². The van der Waals surface area contributed by atoms with E-state index in [1.54, 1.807) is 18.7 Å². The fraction of sp³-hybridized carbons (Fsp3) is 0.615. The number of aromatic nitrogens is 1. The van der Waals surface area contributed by atoms with Gasteiger partial charge in [0.1, 0.15) is 9.88 Å². The van der Waals surface area contributed by atoms with Gasteiger partial charge in [0.25, 0.3) is 0 Å². The monoisotopic (exact) mass is 301 g/mol. The summed E-state index contributed by atoms with van der Waals surface area (Å²) in [5.74, 6) is 0.0249. The van der Waals surface area contributed by atoms with Crippen LogP contribution in [-0.4, -0.2) is 28.1 Å². The molecule has 1 aromatic heterocycles. The number of carbonyl (C=O) groups is 2. The van der Waals surface area contributed by atoms with Crippen LogP contribution < -0.4 is 0 Å². The summed E-state index contributed by atoms with van der Waals surface area (Å²) >= 11 is 3.01. The zero-order valence-electron chi connectivity index (χ0n) is 11.9. The Hall–Kier alpha value is -0.880. The van der Waals surface area contributed by atoms with Gasteiger partial charge in [0.05, 0.1) is 6.61 Å². The number of hydrogen-bond donors (Lipinski definition) is 0. The van der Waals surface area contributed by atoms with E-state index in [9.17, 15) is 9.59 Å². The maximum absolute atomic E-state index is 11.7. The normalized spacial score (nSPS) is 11.4. The number of ketones is 1. The molecule has 1 heterocycles. The van der Waals surface area contributed by atoms with E-state index >= 15 is 0 Å². The average Bonchev–Trinajstić information content (AvgIpc) is 2.70. The minimum atomic E-state index is -0.518. The fourth-order valence-electron chi connectivity index (χ4n) is 1.28. The third-order valence-electron chi connectivity index (χ3n) is 2.09. The van der Waals surface area contributed by atoms with Crippen LogP contribution in [0.15, 0.2) is 0 Å². The molecule has 0 aromatic carbocycles. The van der Waals surface area contributed by atoms with E-state index in [0.717, 1.165) is 5.01 Å². The first-order chi connectivity index (χ1) is 8.74. The number of hydrogen-bond acceptors (Lipinski definition) is 6. The summed E-state index contributed by atoms with van der Waals surface area (Å²) in [5.41, 5.74) is 0.156. The molecule has 0 radical (unpaired) electrons. The van der Waals surface area contributed by atoms with Crippen molar-refractivity contribution in [2.24, 2.45) is 0 Å². The Balaban J connectivity index is 2.94. The SMILES string of the molecule is CCOC(=O)c1nc(CSC(C)(C)C)sc1C(C)=O. The first-order valence-electron chi connectivity index (χ1n) is 6.06. The van der Waals surface area contributed by atoms with Gasteiger partial charge in [0, 0.05) is 17.4 Å². The molecule has 0 aliphatic carbocycles. The highest BCUT2D eigenvalue weighted by atomic mass is 32.2. The fourth-order valence-corrected chi connectivity index (χ4v) is 3.06. The van der Waals surface area contributed by atoms with Gasteiger partial charge in [-0.05, 0) is 6.92 Å². The van der Waals surface area contributed by atoms with E-state index in [4.69, 9.17) is 4.74 Å². The Labute approximate surface area is 122 Å². The lowest BCUT2D eigenvalue weighted by molar-refractivity contribution is 0.0517. The maximum Gasteiger partial charge on any atom is 0.358 e. The molecule has 0 saturated heterocycles. The molecule has 0 unspecified atom stereocenters. The van der Waals surface area contributed by atoms with E-state index in [0.29, 0.717) is 10.6 Å². The van der Waals surface area contributed by atoms with Gasteiger partial charge in [-0.25, -0.2) is 9.78 Å². The topological polar surface area (TPSA) is 56.3 Å². The lowest BCUT2D eigenvalue weighted by Gasteiger charge is -2.16. The number of thioether (sulfide) groups is 1. The number of ether oxygens (including phenoxy) is 1. The first kappa shape index (κ1) is 16.2. The van der Waals surface area contributed by atoms with Crippen LogP contribution in [0.5, 0.6) is 0 Å². The highest BCUT2D eigenvalue weighted by Crippen LogP contribution is 2.30. The summed E-state index contributed by atoms with van der Waals surface area (Å²) < 4.78 is 5.04. The van der Waals surface area contributed by atoms with E-state index in [1.807, 2.05) is 0 Å². The van der Waals surface area contributed by atoms with Crippen molar-refractivity contribution in [1.29, 1.82) is 0 Å². The van der Waals surface area contributed by atoms with Gasteiger partial charge in [-0.1, -0.05) is 20.8 Å². The van der Waals surface area contributed by atoms with E-state index < -0.39 is 5.97 Å². The molecule has 19 heavy (non-hydrogen) atoms. The summed E-state index contributed by atoms with van der Waals surface area (Å²) in [6, 6.07) is 0. The summed E-state index contributed by atoms with van der Waals surface area (Å²) in [6.07, 6.45) is 0. The third-order valence-corrected chi connectivity index (χ3v) is 4.71. The standard InChI is InChI=1S/C13H19NO3S2/c1-6-17-12(16)10-11(8(2)15)19-9(14-10)7-18-13(3,4)5/h6-7H2,1-5H3. The maximum atomic E-state index is 11.7. The van der Waals surface area contributed by atoms with Crippen LogP contribution in [0.2, 0.25) is 0 Å². The molecule has 1 rings (SSSR count). The van der Waals surface area contributed by atoms with Gasteiger partial charge in [-0.2, -0.15) is 0 Å². The molecule has 0 atom stereocenters.